The van der Waals surface area contributed by atoms with E-state index in [1.54, 1.807) is 21.9 Å². The zero-order valence-corrected chi connectivity index (χ0v) is 14.6. The smallest absolute Gasteiger partial charge is 0.387 e. The van der Waals surface area contributed by atoms with Crippen LogP contribution in [0.25, 0.3) is 0 Å². The number of benzene rings is 1. The molecule has 1 aromatic carbocycles. The largest absolute Gasteiger partial charge is 0.434 e. The van der Waals surface area contributed by atoms with Crippen LogP contribution in [0.2, 0.25) is 0 Å². The second kappa shape index (κ2) is 8.78. The van der Waals surface area contributed by atoms with Crippen LogP contribution >= 0.6 is 0 Å². The summed E-state index contributed by atoms with van der Waals surface area (Å²) in [4.78, 5) is 28.1. The zero-order valence-electron chi connectivity index (χ0n) is 14.6. The lowest BCUT2D eigenvalue weighted by Gasteiger charge is -2.35. The van der Waals surface area contributed by atoms with Gasteiger partial charge in [0, 0.05) is 32.6 Å². The second-order valence-electron chi connectivity index (χ2n) is 6.48. The summed E-state index contributed by atoms with van der Waals surface area (Å²) >= 11 is 0. The van der Waals surface area contributed by atoms with Crippen molar-refractivity contribution in [3.63, 3.8) is 0 Å². The van der Waals surface area contributed by atoms with Gasteiger partial charge in [-0.1, -0.05) is 26.0 Å². The van der Waals surface area contributed by atoms with Gasteiger partial charge in [0.05, 0.1) is 5.56 Å². The molecule has 0 saturated carbocycles. The van der Waals surface area contributed by atoms with Crippen LogP contribution in [0.5, 0.6) is 5.75 Å². The summed E-state index contributed by atoms with van der Waals surface area (Å²) in [6.45, 7) is 2.85. The molecule has 0 unspecified atom stereocenters. The lowest BCUT2D eigenvalue weighted by atomic mass is 10.1. The van der Waals surface area contributed by atoms with Gasteiger partial charge < -0.3 is 14.5 Å². The lowest BCUT2D eigenvalue weighted by Crippen LogP contribution is -2.50. The average molecular weight is 354 g/mol. The van der Waals surface area contributed by atoms with Crippen LogP contribution in [0, 0.1) is 5.92 Å². The van der Waals surface area contributed by atoms with Crippen LogP contribution in [0.1, 0.15) is 37.0 Å². The molecule has 25 heavy (non-hydrogen) atoms. The normalized spacial score (nSPS) is 15.0. The van der Waals surface area contributed by atoms with Gasteiger partial charge in [0.2, 0.25) is 5.91 Å². The maximum Gasteiger partial charge on any atom is 0.387 e. The van der Waals surface area contributed by atoms with Gasteiger partial charge in [0.15, 0.2) is 0 Å². The number of ether oxygens (including phenoxy) is 1. The standard InChI is InChI=1S/C18H24F2N2O3/c1-13(2)7-8-16(23)21-9-11-22(12-10-21)17(24)14-5-3-4-6-15(14)25-18(19)20/h3-6,13,18H,7-12H2,1-2H3. The Balaban J connectivity index is 1.94. The number of carbonyl (C=O) groups is 2. The van der Waals surface area contributed by atoms with Crippen molar-refractivity contribution in [2.45, 2.75) is 33.3 Å². The van der Waals surface area contributed by atoms with Crippen molar-refractivity contribution in [3.8, 4) is 5.75 Å². The highest BCUT2D eigenvalue weighted by atomic mass is 19.3. The summed E-state index contributed by atoms with van der Waals surface area (Å²) in [5.41, 5.74) is 0.113. The fourth-order valence-electron chi connectivity index (χ4n) is 2.74. The Hall–Kier alpha value is -2.18. The third-order valence-corrected chi connectivity index (χ3v) is 4.19. The summed E-state index contributed by atoms with van der Waals surface area (Å²) in [5, 5.41) is 0. The first-order chi connectivity index (χ1) is 11.9. The second-order valence-corrected chi connectivity index (χ2v) is 6.48. The van der Waals surface area contributed by atoms with E-state index in [9.17, 15) is 18.4 Å². The van der Waals surface area contributed by atoms with Gasteiger partial charge in [-0.2, -0.15) is 8.78 Å². The SMILES string of the molecule is CC(C)CCC(=O)N1CCN(C(=O)c2ccccc2OC(F)F)CC1. The minimum atomic E-state index is -2.98. The van der Waals surface area contributed by atoms with E-state index in [4.69, 9.17) is 0 Å². The number of carbonyl (C=O) groups excluding carboxylic acids is 2. The van der Waals surface area contributed by atoms with Gasteiger partial charge in [-0.3, -0.25) is 9.59 Å². The first-order valence-electron chi connectivity index (χ1n) is 8.49. The molecule has 1 aliphatic rings. The number of nitrogens with zero attached hydrogens (tertiary/aromatic N) is 2. The third kappa shape index (κ3) is 5.41. The van der Waals surface area contributed by atoms with E-state index in [0.29, 0.717) is 38.5 Å². The molecule has 1 aromatic rings. The number of para-hydroxylation sites is 1. The molecule has 138 valence electrons. The molecule has 0 spiro atoms. The summed E-state index contributed by atoms with van der Waals surface area (Å²) in [7, 11) is 0. The van der Waals surface area contributed by atoms with Crippen molar-refractivity contribution < 1.29 is 23.1 Å². The predicted molar refractivity (Wildman–Crippen MR) is 89.6 cm³/mol. The van der Waals surface area contributed by atoms with Gasteiger partial charge in [-0.05, 0) is 24.5 Å². The highest BCUT2D eigenvalue weighted by molar-refractivity contribution is 5.97. The predicted octanol–water partition coefficient (Wildman–Crippen LogP) is 3.01. The monoisotopic (exact) mass is 354 g/mol. The molecule has 1 heterocycles. The molecule has 7 heteroatoms. The molecule has 0 bridgehead atoms. The summed E-state index contributed by atoms with van der Waals surface area (Å²) < 4.78 is 29.4. The van der Waals surface area contributed by atoms with Crippen molar-refractivity contribution in [2.24, 2.45) is 5.92 Å². The Morgan fingerprint density at radius 2 is 1.68 bits per heavy atom. The molecule has 0 aromatic heterocycles. The number of hydrogen-bond donors (Lipinski definition) is 0. The highest BCUT2D eigenvalue weighted by Crippen LogP contribution is 2.22. The highest BCUT2D eigenvalue weighted by Gasteiger charge is 2.26. The molecule has 0 aliphatic carbocycles. The Morgan fingerprint density at radius 1 is 1.08 bits per heavy atom. The van der Waals surface area contributed by atoms with Crippen LogP contribution in [0.4, 0.5) is 8.78 Å². The van der Waals surface area contributed by atoms with Crippen molar-refractivity contribution in [1.82, 2.24) is 9.80 Å². The minimum absolute atomic E-state index is 0.0993. The number of rotatable bonds is 6. The van der Waals surface area contributed by atoms with Gasteiger partial charge in [-0.25, -0.2) is 0 Å². The van der Waals surface area contributed by atoms with E-state index in [0.717, 1.165) is 6.42 Å². The molecule has 0 atom stereocenters. The van der Waals surface area contributed by atoms with E-state index in [1.807, 2.05) is 0 Å². The van der Waals surface area contributed by atoms with Gasteiger partial charge in [0.1, 0.15) is 5.75 Å². The van der Waals surface area contributed by atoms with Gasteiger partial charge >= 0.3 is 6.61 Å². The van der Waals surface area contributed by atoms with E-state index < -0.39 is 6.61 Å². The maximum absolute atomic E-state index is 12.6. The van der Waals surface area contributed by atoms with Crippen molar-refractivity contribution in [3.05, 3.63) is 29.8 Å². The first-order valence-corrected chi connectivity index (χ1v) is 8.49. The van der Waals surface area contributed by atoms with Crippen LogP contribution < -0.4 is 4.74 Å². The van der Waals surface area contributed by atoms with E-state index in [-0.39, 0.29) is 23.1 Å². The molecular weight excluding hydrogens is 330 g/mol. The number of alkyl halides is 2. The van der Waals surface area contributed by atoms with E-state index >= 15 is 0 Å². The number of piperazine rings is 1. The summed E-state index contributed by atoms with van der Waals surface area (Å²) in [5.74, 6) is 0.0869. The number of amides is 2. The van der Waals surface area contributed by atoms with Crippen molar-refractivity contribution >= 4 is 11.8 Å². The molecule has 2 rings (SSSR count). The number of halogens is 2. The third-order valence-electron chi connectivity index (χ3n) is 4.19. The zero-order chi connectivity index (χ0) is 18.4. The molecule has 0 N–H and O–H groups in total. The topological polar surface area (TPSA) is 49.9 Å². The summed E-state index contributed by atoms with van der Waals surface area (Å²) in [6.07, 6.45) is 1.35. The molecule has 0 radical (unpaired) electrons. The quantitative estimate of drug-likeness (QED) is 0.789. The Labute approximate surface area is 146 Å². The molecule has 1 saturated heterocycles. The van der Waals surface area contributed by atoms with Crippen molar-refractivity contribution in [2.75, 3.05) is 26.2 Å². The van der Waals surface area contributed by atoms with Crippen LogP contribution in [0.3, 0.4) is 0 Å². The molecule has 5 nitrogen and oxygen atoms in total. The molecule has 2 amide bonds. The maximum atomic E-state index is 12.6. The van der Waals surface area contributed by atoms with Crippen LogP contribution in [-0.4, -0.2) is 54.4 Å². The average Bonchev–Trinajstić information content (AvgIpc) is 2.59. The van der Waals surface area contributed by atoms with E-state index in [2.05, 4.69) is 18.6 Å². The van der Waals surface area contributed by atoms with Crippen LogP contribution in [0.15, 0.2) is 24.3 Å². The van der Waals surface area contributed by atoms with Crippen LogP contribution in [-0.2, 0) is 4.79 Å². The lowest BCUT2D eigenvalue weighted by molar-refractivity contribution is -0.132. The van der Waals surface area contributed by atoms with E-state index in [1.165, 1.54) is 12.1 Å². The Bertz CT molecular complexity index is 600. The van der Waals surface area contributed by atoms with Gasteiger partial charge in [-0.15, -0.1) is 0 Å². The fraction of sp³-hybridized carbons (Fsp3) is 0.556. The molecule has 1 fully saturated rings. The molecule has 1 aliphatic heterocycles. The fourth-order valence-corrected chi connectivity index (χ4v) is 2.74. The molecular formula is C18H24F2N2O3. The van der Waals surface area contributed by atoms with Gasteiger partial charge in [0.25, 0.3) is 5.91 Å². The number of hydrogen-bond acceptors (Lipinski definition) is 3. The summed E-state index contributed by atoms with van der Waals surface area (Å²) in [6, 6.07) is 5.97. The Morgan fingerprint density at radius 3 is 2.28 bits per heavy atom. The minimum Gasteiger partial charge on any atom is -0.434 e. The van der Waals surface area contributed by atoms with Crippen molar-refractivity contribution in [1.29, 1.82) is 0 Å². The first kappa shape index (κ1) is 19.1. The Kier molecular flexibility index (Phi) is 6.73.